The number of nitrogens with one attached hydrogen (secondary N) is 1. The summed E-state index contributed by atoms with van der Waals surface area (Å²) in [6.45, 7) is 6.03. The predicted octanol–water partition coefficient (Wildman–Crippen LogP) is 2.41. The molecule has 0 bridgehead atoms. The van der Waals surface area contributed by atoms with E-state index in [-0.39, 0.29) is 24.0 Å². The highest BCUT2D eigenvalue weighted by Gasteiger charge is 2.22. The molecule has 0 amide bonds. The Bertz CT molecular complexity index is 899. The zero-order valence-electron chi connectivity index (χ0n) is 18.3. The molecular weight excluding hydrogens is 531 g/mol. The first-order chi connectivity index (χ1) is 14.6. The number of nitrogens with zero attached hydrogens (tertiary/aromatic N) is 5. The highest BCUT2D eigenvalue weighted by atomic mass is 127. The van der Waals surface area contributed by atoms with Gasteiger partial charge in [0.25, 0.3) is 0 Å². The van der Waals surface area contributed by atoms with Crippen LogP contribution in [0, 0.1) is 0 Å². The van der Waals surface area contributed by atoms with E-state index in [0.29, 0.717) is 17.9 Å². The number of hydrogen-bond donors (Lipinski definition) is 1. The number of methoxy groups -OCH3 is 2. The third-order valence-corrected chi connectivity index (χ3v) is 5.77. The van der Waals surface area contributed by atoms with Crippen molar-refractivity contribution in [3.8, 4) is 5.75 Å². The van der Waals surface area contributed by atoms with Gasteiger partial charge in [-0.05, 0) is 17.7 Å². The Kier molecular flexibility index (Phi) is 9.75. The quantitative estimate of drug-likeness (QED) is 0.250. The van der Waals surface area contributed by atoms with Crippen molar-refractivity contribution in [3.63, 3.8) is 0 Å². The second kappa shape index (κ2) is 12.0. The van der Waals surface area contributed by atoms with E-state index in [1.807, 2.05) is 6.07 Å². The standard InChI is InChI=1S/C20H28N6O3S.HI/c1-5-17-23-20(30-24-17)26-10-8-25(9-11-26)19(21-2)22-13-14-6-7-16(28-3)15(12-14)18(27)29-4;/h6-7,12H,5,8-11,13H2,1-4H3,(H,21,22);1H. The molecule has 0 unspecified atom stereocenters. The summed E-state index contributed by atoms with van der Waals surface area (Å²) < 4.78 is 14.5. The van der Waals surface area contributed by atoms with Gasteiger partial charge in [0, 0.05) is 57.7 Å². The fourth-order valence-electron chi connectivity index (χ4n) is 3.27. The van der Waals surface area contributed by atoms with E-state index in [4.69, 9.17) is 9.47 Å². The molecule has 2 heterocycles. The van der Waals surface area contributed by atoms with Crippen molar-refractivity contribution in [2.45, 2.75) is 19.9 Å². The lowest BCUT2D eigenvalue weighted by atomic mass is 10.1. The number of ether oxygens (including phenoxy) is 2. The van der Waals surface area contributed by atoms with Gasteiger partial charge in [0.15, 0.2) is 5.96 Å². The van der Waals surface area contributed by atoms with Crippen LogP contribution in [0.1, 0.15) is 28.7 Å². The number of aromatic nitrogens is 2. The Morgan fingerprint density at radius 1 is 1.26 bits per heavy atom. The fourth-order valence-corrected chi connectivity index (χ4v) is 4.08. The lowest BCUT2D eigenvalue weighted by molar-refractivity contribution is 0.0597. The van der Waals surface area contributed by atoms with Crippen LogP contribution >= 0.6 is 35.5 Å². The number of aryl methyl sites for hydroxylation is 1. The Labute approximate surface area is 204 Å². The number of rotatable bonds is 6. The molecule has 0 atom stereocenters. The number of carbonyl (C=O) groups is 1. The lowest BCUT2D eigenvalue weighted by Crippen LogP contribution is -2.52. The summed E-state index contributed by atoms with van der Waals surface area (Å²) in [4.78, 5) is 25.5. The van der Waals surface area contributed by atoms with E-state index < -0.39 is 5.97 Å². The van der Waals surface area contributed by atoms with Crippen LogP contribution in [0.5, 0.6) is 5.75 Å². The number of carbonyl (C=O) groups excluding carboxylic acids is 1. The maximum Gasteiger partial charge on any atom is 0.341 e. The highest BCUT2D eigenvalue weighted by Crippen LogP contribution is 2.21. The van der Waals surface area contributed by atoms with Crippen LogP contribution in [0.25, 0.3) is 0 Å². The van der Waals surface area contributed by atoms with E-state index in [0.717, 1.165) is 55.1 Å². The van der Waals surface area contributed by atoms with Crippen molar-refractivity contribution >= 4 is 52.6 Å². The molecule has 0 spiro atoms. The van der Waals surface area contributed by atoms with Crippen LogP contribution < -0.4 is 15.0 Å². The largest absolute Gasteiger partial charge is 0.496 e. The molecule has 9 nitrogen and oxygen atoms in total. The molecule has 0 saturated carbocycles. The third-order valence-electron chi connectivity index (χ3n) is 4.95. The Balaban J connectivity index is 0.00000341. The van der Waals surface area contributed by atoms with Crippen molar-refractivity contribution in [2.75, 3.05) is 52.3 Å². The number of hydrogen-bond acceptors (Lipinski definition) is 8. The van der Waals surface area contributed by atoms with Gasteiger partial charge in [-0.25, -0.2) is 9.78 Å². The van der Waals surface area contributed by atoms with Crippen molar-refractivity contribution in [1.29, 1.82) is 0 Å². The predicted molar refractivity (Wildman–Crippen MR) is 133 cm³/mol. The van der Waals surface area contributed by atoms with Gasteiger partial charge in [0.1, 0.15) is 17.1 Å². The summed E-state index contributed by atoms with van der Waals surface area (Å²) in [7, 11) is 4.67. The van der Waals surface area contributed by atoms with E-state index in [1.165, 1.54) is 25.8 Å². The molecule has 11 heteroatoms. The van der Waals surface area contributed by atoms with Crippen LogP contribution in [0.3, 0.4) is 0 Å². The fraction of sp³-hybridized carbons (Fsp3) is 0.500. The molecule has 1 saturated heterocycles. The Morgan fingerprint density at radius 2 is 2.00 bits per heavy atom. The summed E-state index contributed by atoms with van der Waals surface area (Å²) in [5.74, 6) is 1.81. The third kappa shape index (κ3) is 6.19. The number of benzene rings is 1. The van der Waals surface area contributed by atoms with Gasteiger partial charge in [0.05, 0.1) is 14.2 Å². The second-order valence-corrected chi connectivity index (χ2v) is 7.48. The van der Waals surface area contributed by atoms with Crippen LogP contribution in [-0.2, 0) is 17.7 Å². The maximum atomic E-state index is 12.0. The van der Waals surface area contributed by atoms with Gasteiger partial charge in [-0.2, -0.15) is 4.37 Å². The monoisotopic (exact) mass is 560 g/mol. The van der Waals surface area contributed by atoms with Crippen LogP contribution in [0.4, 0.5) is 5.13 Å². The van der Waals surface area contributed by atoms with E-state index in [9.17, 15) is 4.79 Å². The number of aliphatic imine (C=N–C) groups is 1. The molecule has 1 aliphatic heterocycles. The van der Waals surface area contributed by atoms with Gasteiger partial charge in [-0.15, -0.1) is 24.0 Å². The summed E-state index contributed by atoms with van der Waals surface area (Å²) in [5.41, 5.74) is 1.35. The first kappa shape index (κ1) is 25.1. The molecular formula is C20H29IN6O3S. The van der Waals surface area contributed by atoms with Gasteiger partial charge >= 0.3 is 5.97 Å². The lowest BCUT2D eigenvalue weighted by Gasteiger charge is -2.36. The second-order valence-electron chi connectivity index (χ2n) is 6.75. The van der Waals surface area contributed by atoms with Crippen molar-refractivity contribution < 1.29 is 14.3 Å². The van der Waals surface area contributed by atoms with Crippen molar-refractivity contribution in [2.24, 2.45) is 4.99 Å². The molecule has 31 heavy (non-hydrogen) atoms. The minimum atomic E-state index is -0.419. The smallest absolute Gasteiger partial charge is 0.341 e. The number of piperazine rings is 1. The minimum absolute atomic E-state index is 0. The molecule has 1 N–H and O–H groups in total. The maximum absolute atomic E-state index is 12.0. The molecule has 3 rings (SSSR count). The molecule has 1 aromatic carbocycles. The summed E-state index contributed by atoms with van der Waals surface area (Å²) >= 11 is 1.46. The Morgan fingerprint density at radius 3 is 2.58 bits per heavy atom. The normalized spacial score (nSPS) is 14.1. The van der Waals surface area contributed by atoms with E-state index in [2.05, 4.69) is 36.4 Å². The van der Waals surface area contributed by atoms with E-state index in [1.54, 1.807) is 19.2 Å². The molecule has 2 aromatic rings. The minimum Gasteiger partial charge on any atom is -0.496 e. The van der Waals surface area contributed by atoms with Crippen LogP contribution in [0.2, 0.25) is 0 Å². The average Bonchev–Trinajstić information content (AvgIpc) is 3.28. The number of guanidine groups is 1. The van der Waals surface area contributed by atoms with Crippen molar-refractivity contribution in [3.05, 3.63) is 35.2 Å². The van der Waals surface area contributed by atoms with Gasteiger partial charge in [-0.1, -0.05) is 13.0 Å². The molecule has 1 fully saturated rings. The zero-order valence-corrected chi connectivity index (χ0v) is 21.4. The summed E-state index contributed by atoms with van der Waals surface area (Å²) in [6, 6.07) is 5.48. The Hall–Kier alpha value is -2.15. The molecule has 0 aliphatic carbocycles. The molecule has 1 aliphatic rings. The first-order valence-electron chi connectivity index (χ1n) is 9.88. The highest BCUT2D eigenvalue weighted by molar-refractivity contribution is 14.0. The number of halogens is 1. The van der Waals surface area contributed by atoms with Gasteiger partial charge in [0.2, 0.25) is 5.13 Å². The topological polar surface area (TPSA) is 92.2 Å². The molecule has 1 aromatic heterocycles. The van der Waals surface area contributed by atoms with Gasteiger partial charge in [-0.3, -0.25) is 4.99 Å². The molecule has 170 valence electrons. The van der Waals surface area contributed by atoms with Crippen LogP contribution in [-0.4, -0.2) is 73.6 Å². The summed E-state index contributed by atoms with van der Waals surface area (Å²) in [6.07, 6.45) is 0.857. The summed E-state index contributed by atoms with van der Waals surface area (Å²) in [5, 5.41) is 4.37. The first-order valence-corrected chi connectivity index (χ1v) is 10.6. The van der Waals surface area contributed by atoms with E-state index >= 15 is 0 Å². The molecule has 0 radical (unpaired) electrons. The van der Waals surface area contributed by atoms with Crippen molar-refractivity contribution in [1.82, 2.24) is 19.6 Å². The SMILES string of the molecule is CCc1nsc(N2CCN(C(=NC)NCc3ccc(OC)c(C(=O)OC)c3)CC2)n1.I. The zero-order chi connectivity index (χ0) is 21.5. The average molecular weight is 560 g/mol. The number of anilines is 1. The van der Waals surface area contributed by atoms with Crippen LogP contribution in [0.15, 0.2) is 23.2 Å². The number of esters is 1. The van der Waals surface area contributed by atoms with Gasteiger partial charge < -0.3 is 24.6 Å².